The van der Waals surface area contributed by atoms with E-state index in [4.69, 9.17) is 10.8 Å². The standard InChI is InChI=1S/C15H24N2O/c16-14-11-15(13-8-4-3-7-12(13)14)17-9-5-1-2-6-10-18/h3-4,7-8,14-15,17-18H,1-2,5-6,9-11,16H2. The van der Waals surface area contributed by atoms with Gasteiger partial charge < -0.3 is 16.2 Å². The van der Waals surface area contributed by atoms with Crippen molar-refractivity contribution in [3.63, 3.8) is 0 Å². The molecule has 0 bridgehead atoms. The summed E-state index contributed by atoms with van der Waals surface area (Å²) >= 11 is 0. The molecule has 2 atom stereocenters. The summed E-state index contributed by atoms with van der Waals surface area (Å²) in [4.78, 5) is 0. The summed E-state index contributed by atoms with van der Waals surface area (Å²) in [7, 11) is 0. The molecular weight excluding hydrogens is 224 g/mol. The van der Waals surface area contributed by atoms with Crippen LogP contribution in [0.25, 0.3) is 0 Å². The Morgan fingerprint density at radius 2 is 1.83 bits per heavy atom. The molecule has 0 radical (unpaired) electrons. The molecule has 1 aliphatic carbocycles. The van der Waals surface area contributed by atoms with Gasteiger partial charge in [0.05, 0.1) is 0 Å². The highest BCUT2D eigenvalue weighted by atomic mass is 16.2. The van der Waals surface area contributed by atoms with Crippen LogP contribution in [0.2, 0.25) is 0 Å². The molecule has 3 nitrogen and oxygen atoms in total. The third kappa shape index (κ3) is 3.31. The Balaban J connectivity index is 1.75. The van der Waals surface area contributed by atoms with Crippen molar-refractivity contribution < 1.29 is 5.11 Å². The Kier molecular flexibility index (Phi) is 5.17. The van der Waals surface area contributed by atoms with Gasteiger partial charge >= 0.3 is 0 Å². The van der Waals surface area contributed by atoms with Crippen LogP contribution in [-0.4, -0.2) is 18.3 Å². The van der Waals surface area contributed by atoms with E-state index in [0.29, 0.717) is 12.6 Å². The van der Waals surface area contributed by atoms with Crippen LogP contribution < -0.4 is 11.1 Å². The molecule has 0 saturated carbocycles. The third-order valence-corrected chi connectivity index (χ3v) is 3.74. The zero-order valence-electron chi connectivity index (χ0n) is 10.9. The molecule has 18 heavy (non-hydrogen) atoms. The van der Waals surface area contributed by atoms with Crippen LogP contribution in [0, 0.1) is 0 Å². The number of aliphatic hydroxyl groups excluding tert-OH is 1. The van der Waals surface area contributed by atoms with E-state index < -0.39 is 0 Å². The van der Waals surface area contributed by atoms with Gasteiger partial charge in [0.2, 0.25) is 0 Å². The fraction of sp³-hybridized carbons (Fsp3) is 0.600. The van der Waals surface area contributed by atoms with Crippen molar-refractivity contribution in [1.82, 2.24) is 5.32 Å². The minimum Gasteiger partial charge on any atom is -0.396 e. The van der Waals surface area contributed by atoms with E-state index >= 15 is 0 Å². The SMILES string of the molecule is NC1CC(NCCCCCCO)c2ccccc21. The zero-order valence-corrected chi connectivity index (χ0v) is 10.9. The average molecular weight is 248 g/mol. The highest BCUT2D eigenvalue weighted by molar-refractivity contribution is 5.37. The number of nitrogens with two attached hydrogens (primary N) is 1. The Labute approximate surface area is 109 Å². The topological polar surface area (TPSA) is 58.3 Å². The number of nitrogens with one attached hydrogen (secondary N) is 1. The number of aliphatic hydroxyl groups is 1. The van der Waals surface area contributed by atoms with Gasteiger partial charge in [-0.05, 0) is 36.9 Å². The van der Waals surface area contributed by atoms with E-state index in [0.717, 1.165) is 25.8 Å². The normalized spacial score (nSPS) is 22.1. The lowest BCUT2D eigenvalue weighted by atomic mass is 10.1. The molecule has 4 N–H and O–H groups in total. The summed E-state index contributed by atoms with van der Waals surface area (Å²) in [5.74, 6) is 0. The third-order valence-electron chi connectivity index (χ3n) is 3.74. The van der Waals surface area contributed by atoms with E-state index in [1.165, 1.54) is 24.0 Å². The maximum Gasteiger partial charge on any atom is 0.0431 e. The Morgan fingerprint density at radius 3 is 2.61 bits per heavy atom. The van der Waals surface area contributed by atoms with Crippen LogP contribution in [0.1, 0.15) is 55.3 Å². The summed E-state index contributed by atoms with van der Waals surface area (Å²) in [5, 5.41) is 12.3. The first kappa shape index (κ1) is 13.5. The first-order valence-electron chi connectivity index (χ1n) is 7.01. The summed E-state index contributed by atoms with van der Waals surface area (Å²) in [5.41, 5.74) is 8.82. The number of benzene rings is 1. The van der Waals surface area contributed by atoms with Crippen LogP contribution >= 0.6 is 0 Å². The van der Waals surface area contributed by atoms with Gasteiger partial charge in [0.1, 0.15) is 0 Å². The maximum atomic E-state index is 8.70. The molecule has 0 aromatic heterocycles. The molecular formula is C15H24N2O. The van der Waals surface area contributed by atoms with E-state index in [-0.39, 0.29) is 6.04 Å². The molecule has 3 heteroatoms. The molecule has 1 aromatic carbocycles. The van der Waals surface area contributed by atoms with Crippen LogP contribution in [-0.2, 0) is 0 Å². The predicted molar refractivity (Wildman–Crippen MR) is 74.3 cm³/mol. The lowest BCUT2D eigenvalue weighted by Gasteiger charge is -2.13. The molecule has 0 aliphatic heterocycles. The second kappa shape index (κ2) is 6.88. The predicted octanol–water partition coefficient (Wildman–Crippen LogP) is 2.27. The second-order valence-electron chi connectivity index (χ2n) is 5.12. The van der Waals surface area contributed by atoms with Crippen molar-refractivity contribution in [2.45, 2.75) is 44.2 Å². The quantitative estimate of drug-likeness (QED) is 0.649. The van der Waals surface area contributed by atoms with E-state index in [2.05, 4.69) is 29.6 Å². The first-order valence-corrected chi connectivity index (χ1v) is 7.01. The lowest BCUT2D eigenvalue weighted by molar-refractivity contribution is 0.282. The first-order chi connectivity index (χ1) is 8.83. The molecule has 0 fully saturated rings. The van der Waals surface area contributed by atoms with Gasteiger partial charge in [-0.1, -0.05) is 37.1 Å². The number of rotatable bonds is 7. The van der Waals surface area contributed by atoms with Crippen LogP contribution in [0.4, 0.5) is 0 Å². The summed E-state index contributed by atoms with van der Waals surface area (Å²) in [6.07, 6.45) is 5.42. The Bertz CT molecular complexity index is 367. The minimum atomic E-state index is 0.188. The van der Waals surface area contributed by atoms with Crippen molar-refractivity contribution in [3.8, 4) is 0 Å². The Hall–Kier alpha value is -0.900. The smallest absolute Gasteiger partial charge is 0.0431 e. The molecule has 100 valence electrons. The van der Waals surface area contributed by atoms with Gasteiger partial charge in [-0.3, -0.25) is 0 Å². The minimum absolute atomic E-state index is 0.188. The van der Waals surface area contributed by atoms with Crippen LogP contribution in [0.5, 0.6) is 0 Å². The zero-order chi connectivity index (χ0) is 12.8. The molecule has 0 saturated heterocycles. The van der Waals surface area contributed by atoms with Crippen molar-refractivity contribution >= 4 is 0 Å². The molecule has 2 unspecified atom stereocenters. The summed E-state index contributed by atoms with van der Waals surface area (Å²) < 4.78 is 0. The van der Waals surface area contributed by atoms with Gasteiger partial charge in [0, 0.05) is 18.7 Å². The number of hydrogen-bond acceptors (Lipinski definition) is 3. The highest BCUT2D eigenvalue weighted by Gasteiger charge is 2.27. The summed E-state index contributed by atoms with van der Waals surface area (Å²) in [6, 6.07) is 9.10. The van der Waals surface area contributed by atoms with Gasteiger partial charge in [0.25, 0.3) is 0 Å². The van der Waals surface area contributed by atoms with E-state index in [1.807, 2.05) is 0 Å². The average Bonchev–Trinajstić information content (AvgIpc) is 2.71. The molecule has 2 rings (SSSR count). The molecule has 0 amide bonds. The van der Waals surface area contributed by atoms with Gasteiger partial charge in [0.15, 0.2) is 0 Å². The van der Waals surface area contributed by atoms with E-state index in [9.17, 15) is 0 Å². The molecule has 1 aromatic rings. The monoisotopic (exact) mass is 248 g/mol. The maximum absolute atomic E-state index is 8.70. The van der Waals surface area contributed by atoms with Crippen molar-refractivity contribution in [2.24, 2.45) is 5.73 Å². The number of fused-ring (bicyclic) bond motifs is 1. The molecule has 0 heterocycles. The van der Waals surface area contributed by atoms with Gasteiger partial charge in [-0.25, -0.2) is 0 Å². The Morgan fingerprint density at radius 1 is 1.11 bits per heavy atom. The van der Waals surface area contributed by atoms with Crippen molar-refractivity contribution in [3.05, 3.63) is 35.4 Å². The fourth-order valence-corrected chi connectivity index (χ4v) is 2.73. The van der Waals surface area contributed by atoms with Crippen molar-refractivity contribution in [1.29, 1.82) is 0 Å². The highest BCUT2D eigenvalue weighted by Crippen LogP contribution is 2.36. The number of hydrogen-bond donors (Lipinski definition) is 3. The second-order valence-corrected chi connectivity index (χ2v) is 5.12. The van der Waals surface area contributed by atoms with Gasteiger partial charge in [-0.2, -0.15) is 0 Å². The fourth-order valence-electron chi connectivity index (χ4n) is 2.73. The van der Waals surface area contributed by atoms with Crippen LogP contribution in [0.15, 0.2) is 24.3 Å². The van der Waals surface area contributed by atoms with Crippen LogP contribution in [0.3, 0.4) is 0 Å². The summed E-state index contributed by atoms with van der Waals surface area (Å²) in [6.45, 7) is 1.36. The van der Waals surface area contributed by atoms with Crippen molar-refractivity contribution in [2.75, 3.05) is 13.2 Å². The lowest BCUT2D eigenvalue weighted by Crippen LogP contribution is -2.21. The van der Waals surface area contributed by atoms with Gasteiger partial charge in [-0.15, -0.1) is 0 Å². The van der Waals surface area contributed by atoms with E-state index in [1.54, 1.807) is 0 Å². The number of unbranched alkanes of at least 4 members (excludes halogenated alkanes) is 3. The largest absolute Gasteiger partial charge is 0.396 e. The molecule has 0 spiro atoms. The molecule has 1 aliphatic rings.